The van der Waals surface area contributed by atoms with Gasteiger partial charge in [-0.3, -0.25) is 0 Å². The van der Waals surface area contributed by atoms with Crippen LogP contribution in [0.1, 0.15) is 39.2 Å². The molecule has 104 valence electrons. The molecule has 0 fully saturated rings. The summed E-state index contributed by atoms with van der Waals surface area (Å²) in [6.07, 6.45) is 1.95. The zero-order valence-electron chi connectivity index (χ0n) is 12.0. The Morgan fingerprint density at radius 2 is 2.11 bits per heavy atom. The summed E-state index contributed by atoms with van der Waals surface area (Å²) in [7, 11) is 1.87. The molecule has 0 saturated heterocycles. The summed E-state index contributed by atoms with van der Waals surface area (Å²) in [5.41, 5.74) is 1.73. The van der Waals surface area contributed by atoms with Crippen molar-refractivity contribution in [1.82, 2.24) is 4.90 Å². The molecule has 0 bridgehead atoms. The number of hydrogen-bond acceptors (Lipinski definition) is 1. The summed E-state index contributed by atoms with van der Waals surface area (Å²) >= 11 is 6.16. The quantitative estimate of drug-likeness (QED) is 0.870. The molecule has 2 rings (SSSR count). The number of carbonyl (C=O) groups excluding carboxylic acids is 1. The van der Waals surface area contributed by atoms with E-state index in [2.05, 4.69) is 26.1 Å². The summed E-state index contributed by atoms with van der Waals surface area (Å²) < 4.78 is 0. The average Bonchev–Trinajstić information content (AvgIpc) is 2.35. The van der Waals surface area contributed by atoms with Crippen molar-refractivity contribution < 1.29 is 4.79 Å². The summed E-state index contributed by atoms with van der Waals surface area (Å²) in [6.45, 7) is 6.47. The lowest BCUT2D eigenvalue weighted by atomic mass is 9.73. The van der Waals surface area contributed by atoms with Crippen molar-refractivity contribution in [2.75, 3.05) is 12.4 Å². The Labute approximate surface area is 119 Å². The Kier molecular flexibility index (Phi) is 3.77. The minimum Gasteiger partial charge on any atom is -0.318 e. The van der Waals surface area contributed by atoms with Crippen LogP contribution in [0.4, 0.5) is 10.5 Å². The zero-order valence-corrected chi connectivity index (χ0v) is 12.7. The molecule has 1 aromatic rings. The standard InChI is InChI=1S/C15H21ClN2O/c1-5-8-15(10(2)3)12-9-11(16)6-7-13(12)17-14(19)18(15)4/h6-7,9-10H,5,8H2,1-4H3,(H,17,19). The molecule has 1 unspecified atom stereocenters. The van der Waals surface area contributed by atoms with Gasteiger partial charge in [0.2, 0.25) is 0 Å². The lowest BCUT2D eigenvalue weighted by molar-refractivity contribution is 0.0849. The van der Waals surface area contributed by atoms with Gasteiger partial charge >= 0.3 is 6.03 Å². The second-order valence-corrected chi connectivity index (χ2v) is 5.94. The molecule has 0 aliphatic carbocycles. The van der Waals surface area contributed by atoms with Gasteiger partial charge in [0.05, 0.1) is 5.54 Å². The lowest BCUT2D eigenvalue weighted by Crippen LogP contribution is -2.55. The van der Waals surface area contributed by atoms with Crippen LogP contribution in [-0.2, 0) is 5.54 Å². The molecule has 1 N–H and O–H groups in total. The third-order valence-corrected chi connectivity index (χ3v) is 4.41. The van der Waals surface area contributed by atoms with E-state index >= 15 is 0 Å². The number of carbonyl (C=O) groups is 1. The lowest BCUT2D eigenvalue weighted by Gasteiger charge is -2.49. The van der Waals surface area contributed by atoms with E-state index in [1.54, 1.807) is 0 Å². The van der Waals surface area contributed by atoms with Gasteiger partial charge in [-0.1, -0.05) is 38.8 Å². The third kappa shape index (κ3) is 2.10. The fraction of sp³-hybridized carbons (Fsp3) is 0.533. The number of nitrogens with zero attached hydrogens (tertiary/aromatic N) is 1. The Bertz CT molecular complexity index is 501. The molecule has 0 spiro atoms. The van der Waals surface area contributed by atoms with Crippen LogP contribution >= 0.6 is 11.6 Å². The zero-order chi connectivity index (χ0) is 14.2. The number of nitrogens with one attached hydrogen (secondary N) is 1. The van der Waals surface area contributed by atoms with E-state index in [4.69, 9.17) is 11.6 Å². The minimum atomic E-state index is -0.280. The Balaban J connectivity index is 2.69. The number of fused-ring (bicyclic) bond motifs is 1. The average molecular weight is 281 g/mol. The largest absolute Gasteiger partial charge is 0.322 e. The number of amides is 2. The molecule has 1 heterocycles. The fourth-order valence-electron chi connectivity index (χ4n) is 3.22. The van der Waals surface area contributed by atoms with Gasteiger partial charge in [-0.05, 0) is 30.5 Å². The molecule has 1 aromatic carbocycles. The summed E-state index contributed by atoms with van der Waals surface area (Å²) in [6, 6.07) is 5.66. The molecule has 4 heteroatoms. The molecule has 19 heavy (non-hydrogen) atoms. The first-order valence-electron chi connectivity index (χ1n) is 6.78. The normalized spacial score (nSPS) is 22.4. The van der Waals surface area contributed by atoms with Crippen LogP contribution in [0.3, 0.4) is 0 Å². The Morgan fingerprint density at radius 3 is 2.68 bits per heavy atom. The number of anilines is 1. The number of halogens is 1. The first kappa shape index (κ1) is 14.2. The molecule has 1 atom stereocenters. The van der Waals surface area contributed by atoms with E-state index in [0.717, 1.165) is 24.1 Å². The van der Waals surface area contributed by atoms with Crippen molar-refractivity contribution in [3.8, 4) is 0 Å². The van der Waals surface area contributed by atoms with Gasteiger partial charge in [-0.2, -0.15) is 0 Å². The van der Waals surface area contributed by atoms with E-state index in [1.807, 2.05) is 30.1 Å². The monoisotopic (exact) mass is 280 g/mol. The fourth-order valence-corrected chi connectivity index (χ4v) is 3.39. The van der Waals surface area contributed by atoms with E-state index in [9.17, 15) is 4.79 Å². The number of hydrogen-bond donors (Lipinski definition) is 1. The second kappa shape index (κ2) is 5.04. The third-order valence-electron chi connectivity index (χ3n) is 4.18. The van der Waals surface area contributed by atoms with Crippen molar-refractivity contribution in [2.45, 2.75) is 39.2 Å². The first-order chi connectivity index (χ1) is 8.93. The van der Waals surface area contributed by atoms with Gasteiger partial charge in [-0.25, -0.2) is 4.79 Å². The summed E-state index contributed by atoms with van der Waals surface area (Å²) in [4.78, 5) is 14.1. The van der Waals surface area contributed by atoms with E-state index in [1.165, 1.54) is 0 Å². The van der Waals surface area contributed by atoms with Crippen molar-refractivity contribution in [2.24, 2.45) is 5.92 Å². The maximum Gasteiger partial charge on any atom is 0.322 e. The second-order valence-electron chi connectivity index (χ2n) is 5.51. The smallest absolute Gasteiger partial charge is 0.318 e. The van der Waals surface area contributed by atoms with Crippen molar-refractivity contribution >= 4 is 23.3 Å². The van der Waals surface area contributed by atoms with Gasteiger partial charge in [0, 0.05) is 23.3 Å². The molecular weight excluding hydrogens is 260 g/mol. The highest BCUT2D eigenvalue weighted by Crippen LogP contribution is 2.46. The maximum absolute atomic E-state index is 12.2. The molecule has 2 amide bonds. The van der Waals surface area contributed by atoms with E-state index in [-0.39, 0.29) is 11.6 Å². The van der Waals surface area contributed by atoms with Crippen LogP contribution in [-0.4, -0.2) is 18.0 Å². The highest BCUT2D eigenvalue weighted by molar-refractivity contribution is 6.30. The SMILES string of the molecule is CCCC1(C(C)C)c2cc(Cl)ccc2NC(=O)N1C. The molecule has 3 nitrogen and oxygen atoms in total. The predicted octanol–water partition coefficient (Wildman–Crippen LogP) is 4.47. The molecule has 0 saturated carbocycles. The summed E-state index contributed by atoms with van der Waals surface area (Å²) in [5.74, 6) is 0.320. The number of benzene rings is 1. The Hall–Kier alpha value is -1.22. The number of rotatable bonds is 3. The van der Waals surface area contributed by atoms with Crippen LogP contribution in [0.5, 0.6) is 0 Å². The number of urea groups is 1. The highest BCUT2D eigenvalue weighted by Gasteiger charge is 2.45. The minimum absolute atomic E-state index is 0.0445. The first-order valence-corrected chi connectivity index (χ1v) is 7.16. The van der Waals surface area contributed by atoms with Crippen molar-refractivity contribution in [3.05, 3.63) is 28.8 Å². The van der Waals surface area contributed by atoms with Crippen LogP contribution in [0.15, 0.2) is 18.2 Å². The van der Waals surface area contributed by atoms with Gasteiger partial charge in [0.15, 0.2) is 0 Å². The topological polar surface area (TPSA) is 32.3 Å². The summed E-state index contributed by atoms with van der Waals surface area (Å²) in [5, 5.41) is 3.65. The molecular formula is C15H21ClN2O. The Morgan fingerprint density at radius 1 is 1.42 bits per heavy atom. The van der Waals surface area contributed by atoms with Gasteiger partial charge < -0.3 is 10.2 Å². The molecule has 1 aliphatic rings. The molecule has 1 aliphatic heterocycles. The van der Waals surface area contributed by atoms with Crippen molar-refractivity contribution in [1.29, 1.82) is 0 Å². The maximum atomic E-state index is 12.2. The molecule has 0 aromatic heterocycles. The van der Waals surface area contributed by atoms with Crippen LogP contribution in [0.2, 0.25) is 5.02 Å². The van der Waals surface area contributed by atoms with E-state index < -0.39 is 0 Å². The van der Waals surface area contributed by atoms with Gasteiger partial charge in [-0.15, -0.1) is 0 Å². The van der Waals surface area contributed by atoms with Crippen LogP contribution in [0, 0.1) is 5.92 Å². The highest BCUT2D eigenvalue weighted by atomic mass is 35.5. The predicted molar refractivity (Wildman–Crippen MR) is 79.7 cm³/mol. The van der Waals surface area contributed by atoms with Gasteiger partial charge in [0.1, 0.15) is 0 Å². The molecule has 0 radical (unpaired) electrons. The van der Waals surface area contributed by atoms with E-state index in [0.29, 0.717) is 10.9 Å². The van der Waals surface area contributed by atoms with Crippen molar-refractivity contribution in [3.63, 3.8) is 0 Å². The van der Waals surface area contributed by atoms with Crippen LogP contribution < -0.4 is 5.32 Å². The van der Waals surface area contributed by atoms with Crippen LogP contribution in [0.25, 0.3) is 0 Å². The van der Waals surface area contributed by atoms with Gasteiger partial charge in [0.25, 0.3) is 0 Å².